The molecule has 1 unspecified atom stereocenters. The lowest BCUT2D eigenvalue weighted by Crippen LogP contribution is -2.32. The van der Waals surface area contributed by atoms with E-state index in [0.29, 0.717) is 18.9 Å². The fourth-order valence-electron chi connectivity index (χ4n) is 1.72. The maximum atomic E-state index is 11.7. The Labute approximate surface area is 115 Å². The van der Waals surface area contributed by atoms with Gasteiger partial charge in [0.05, 0.1) is 0 Å². The first kappa shape index (κ1) is 15.5. The van der Waals surface area contributed by atoms with Crippen molar-refractivity contribution in [2.24, 2.45) is 5.92 Å². The van der Waals surface area contributed by atoms with Crippen LogP contribution >= 0.6 is 0 Å². The van der Waals surface area contributed by atoms with E-state index in [9.17, 15) is 4.79 Å². The summed E-state index contributed by atoms with van der Waals surface area (Å²) in [6.45, 7) is 6.99. The normalized spacial score (nSPS) is 12.3. The number of carbonyl (C=O) groups is 1. The summed E-state index contributed by atoms with van der Waals surface area (Å²) < 4.78 is 0. The van der Waals surface area contributed by atoms with Gasteiger partial charge in [-0.2, -0.15) is 0 Å². The summed E-state index contributed by atoms with van der Waals surface area (Å²) in [6, 6.07) is 7.66. The Morgan fingerprint density at radius 1 is 1.21 bits per heavy atom. The van der Waals surface area contributed by atoms with Gasteiger partial charge in [0.1, 0.15) is 0 Å². The zero-order valence-electron chi connectivity index (χ0n) is 11.9. The molecule has 0 saturated carbocycles. The predicted octanol–water partition coefficient (Wildman–Crippen LogP) is 2.95. The van der Waals surface area contributed by atoms with Crippen LogP contribution in [0.15, 0.2) is 24.3 Å². The van der Waals surface area contributed by atoms with E-state index in [0.717, 1.165) is 5.69 Å². The maximum Gasteiger partial charge on any atom is 0.319 e. The third-order valence-electron chi connectivity index (χ3n) is 3.07. The van der Waals surface area contributed by atoms with Crippen molar-refractivity contribution in [3.63, 3.8) is 0 Å². The Bertz CT molecular complexity index is 388. The van der Waals surface area contributed by atoms with Crippen molar-refractivity contribution in [1.82, 2.24) is 5.32 Å². The van der Waals surface area contributed by atoms with Crippen molar-refractivity contribution >= 4 is 11.7 Å². The molecule has 0 fully saturated rings. The number of amides is 2. The first-order chi connectivity index (χ1) is 9.02. The van der Waals surface area contributed by atoms with Gasteiger partial charge in [-0.05, 0) is 36.0 Å². The SMILES string of the molecule is CC(CCO)CNC(=O)Nc1ccc(C(C)C)cc1. The number of rotatable bonds is 6. The molecular formula is C15H24N2O2. The highest BCUT2D eigenvalue weighted by atomic mass is 16.3. The van der Waals surface area contributed by atoms with Gasteiger partial charge in [-0.3, -0.25) is 0 Å². The van der Waals surface area contributed by atoms with Gasteiger partial charge in [-0.25, -0.2) is 4.79 Å². The van der Waals surface area contributed by atoms with Gasteiger partial charge < -0.3 is 15.7 Å². The molecule has 19 heavy (non-hydrogen) atoms. The molecule has 0 radical (unpaired) electrons. The monoisotopic (exact) mass is 264 g/mol. The number of hydrogen-bond donors (Lipinski definition) is 3. The summed E-state index contributed by atoms with van der Waals surface area (Å²) in [5.74, 6) is 0.765. The fraction of sp³-hybridized carbons (Fsp3) is 0.533. The highest BCUT2D eigenvalue weighted by Crippen LogP contribution is 2.16. The molecule has 0 aliphatic heterocycles. The number of aliphatic hydroxyl groups excluding tert-OH is 1. The largest absolute Gasteiger partial charge is 0.396 e. The predicted molar refractivity (Wildman–Crippen MR) is 78.4 cm³/mol. The number of nitrogens with one attached hydrogen (secondary N) is 2. The third kappa shape index (κ3) is 5.75. The number of carbonyl (C=O) groups excluding carboxylic acids is 1. The lowest BCUT2D eigenvalue weighted by atomic mass is 10.0. The molecule has 0 aliphatic rings. The zero-order valence-corrected chi connectivity index (χ0v) is 11.9. The lowest BCUT2D eigenvalue weighted by molar-refractivity contribution is 0.243. The molecule has 1 aromatic rings. The molecule has 3 N–H and O–H groups in total. The summed E-state index contributed by atoms with van der Waals surface area (Å²) in [5, 5.41) is 14.4. The standard InChI is InChI=1S/C15H24N2O2/c1-11(2)13-4-6-14(7-5-13)17-15(19)16-10-12(3)8-9-18/h4-7,11-12,18H,8-10H2,1-3H3,(H2,16,17,19). The molecule has 0 aromatic heterocycles. The van der Waals surface area contributed by atoms with Crippen LogP contribution < -0.4 is 10.6 Å². The van der Waals surface area contributed by atoms with Crippen LogP contribution in [-0.4, -0.2) is 24.3 Å². The van der Waals surface area contributed by atoms with E-state index < -0.39 is 0 Å². The third-order valence-corrected chi connectivity index (χ3v) is 3.07. The van der Waals surface area contributed by atoms with Crippen LogP contribution in [0.4, 0.5) is 10.5 Å². The van der Waals surface area contributed by atoms with Gasteiger partial charge in [0, 0.05) is 18.8 Å². The van der Waals surface area contributed by atoms with Crippen LogP contribution in [0.25, 0.3) is 0 Å². The molecule has 1 aromatic carbocycles. The number of anilines is 1. The summed E-state index contributed by atoms with van der Waals surface area (Å²) in [5.41, 5.74) is 2.04. The van der Waals surface area contributed by atoms with E-state index in [2.05, 4.69) is 24.5 Å². The summed E-state index contributed by atoms with van der Waals surface area (Å²) in [7, 11) is 0. The molecule has 1 rings (SSSR count). The molecule has 0 spiro atoms. The van der Waals surface area contributed by atoms with Crippen LogP contribution in [0.1, 0.15) is 38.7 Å². The van der Waals surface area contributed by atoms with E-state index in [-0.39, 0.29) is 18.6 Å². The lowest BCUT2D eigenvalue weighted by Gasteiger charge is -2.12. The highest BCUT2D eigenvalue weighted by molar-refractivity contribution is 5.89. The summed E-state index contributed by atoms with van der Waals surface area (Å²) in [4.78, 5) is 11.7. The smallest absolute Gasteiger partial charge is 0.319 e. The molecular weight excluding hydrogens is 240 g/mol. The molecule has 4 heteroatoms. The molecule has 106 valence electrons. The Morgan fingerprint density at radius 3 is 2.37 bits per heavy atom. The van der Waals surface area contributed by atoms with E-state index in [4.69, 9.17) is 5.11 Å². The van der Waals surface area contributed by atoms with Gasteiger partial charge in [0.15, 0.2) is 0 Å². The molecule has 0 saturated heterocycles. The number of urea groups is 1. The fourth-order valence-corrected chi connectivity index (χ4v) is 1.72. The molecule has 0 aliphatic carbocycles. The molecule has 0 heterocycles. The molecule has 0 bridgehead atoms. The Kier molecular flexibility index (Phi) is 6.36. The van der Waals surface area contributed by atoms with Crippen LogP contribution in [0, 0.1) is 5.92 Å². The average molecular weight is 264 g/mol. The van der Waals surface area contributed by atoms with Gasteiger partial charge in [0.25, 0.3) is 0 Å². The summed E-state index contributed by atoms with van der Waals surface area (Å²) in [6.07, 6.45) is 0.698. The second-order valence-electron chi connectivity index (χ2n) is 5.23. The highest BCUT2D eigenvalue weighted by Gasteiger charge is 2.05. The van der Waals surface area contributed by atoms with Crippen molar-refractivity contribution in [3.8, 4) is 0 Å². The number of hydrogen-bond acceptors (Lipinski definition) is 2. The van der Waals surface area contributed by atoms with Crippen LogP contribution in [0.2, 0.25) is 0 Å². The van der Waals surface area contributed by atoms with Gasteiger partial charge in [-0.1, -0.05) is 32.9 Å². The van der Waals surface area contributed by atoms with Gasteiger partial charge in [-0.15, -0.1) is 0 Å². The Hall–Kier alpha value is -1.55. The topological polar surface area (TPSA) is 61.4 Å². The van der Waals surface area contributed by atoms with E-state index in [1.807, 2.05) is 31.2 Å². The van der Waals surface area contributed by atoms with Crippen molar-refractivity contribution in [3.05, 3.63) is 29.8 Å². The second kappa shape index (κ2) is 7.79. The second-order valence-corrected chi connectivity index (χ2v) is 5.23. The minimum atomic E-state index is -0.206. The minimum Gasteiger partial charge on any atom is -0.396 e. The van der Waals surface area contributed by atoms with E-state index in [1.54, 1.807) is 0 Å². The van der Waals surface area contributed by atoms with E-state index in [1.165, 1.54) is 5.56 Å². The quantitative estimate of drug-likeness (QED) is 0.739. The maximum absolute atomic E-state index is 11.7. The molecule has 2 amide bonds. The van der Waals surface area contributed by atoms with Crippen LogP contribution in [-0.2, 0) is 0 Å². The Balaban J connectivity index is 2.40. The minimum absolute atomic E-state index is 0.154. The van der Waals surface area contributed by atoms with Crippen LogP contribution in [0.3, 0.4) is 0 Å². The number of aliphatic hydroxyl groups is 1. The van der Waals surface area contributed by atoms with Gasteiger partial charge >= 0.3 is 6.03 Å². The van der Waals surface area contributed by atoms with Gasteiger partial charge in [0.2, 0.25) is 0 Å². The Morgan fingerprint density at radius 2 is 1.84 bits per heavy atom. The zero-order chi connectivity index (χ0) is 14.3. The molecule has 1 atom stereocenters. The van der Waals surface area contributed by atoms with Crippen molar-refractivity contribution < 1.29 is 9.90 Å². The summed E-state index contributed by atoms with van der Waals surface area (Å²) >= 11 is 0. The van der Waals surface area contributed by atoms with Crippen molar-refractivity contribution in [1.29, 1.82) is 0 Å². The number of benzene rings is 1. The van der Waals surface area contributed by atoms with E-state index >= 15 is 0 Å². The van der Waals surface area contributed by atoms with Crippen molar-refractivity contribution in [2.45, 2.75) is 33.1 Å². The first-order valence-electron chi connectivity index (χ1n) is 6.78. The van der Waals surface area contributed by atoms with Crippen LogP contribution in [0.5, 0.6) is 0 Å². The average Bonchev–Trinajstić information content (AvgIpc) is 2.37. The first-order valence-corrected chi connectivity index (χ1v) is 6.78. The van der Waals surface area contributed by atoms with Crippen molar-refractivity contribution in [2.75, 3.05) is 18.5 Å². The molecule has 4 nitrogen and oxygen atoms in total.